The quantitative estimate of drug-likeness (QED) is 0.695. The lowest BCUT2D eigenvalue weighted by atomic mass is 10.2. The maximum atomic E-state index is 13.1. The SMILES string of the molecule is Cc1ccc(S(=O)(=O)N(Cc2ccccc2)c2ccc(C)o2)cc1. The normalized spacial score (nSPS) is 11.4. The van der Waals surface area contributed by atoms with Crippen LogP contribution in [0.2, 0.25) is 0 Å². The fraction of sp³-hybridized carbons (Fsp3) is 0.158. The van der Waals surface area contributed by atoms with Gasteiger partial charge in [-0.05, 0) is 37.6 Å². The first-order valence-corrected chi connectivity index (χ1v) is 9.10. The van der Waals surface area contributed by atoms with Gasteiger partial charge in [-0.1, -0.05) is 48.0 Å². The summed E-state index contributed by atoms with van der Waals surface area (Å²) in [5, 5.41) is 0. The molecule has 0 aliphatic rings. The van der Waals surface area contributed by atoms with Crippen molar-refractivity contribution in [3.63, 3.8) is 0 Å². The fourth-order valence-electron chi connectivity index (χ4n) is 2.42. The average molecular weight is 341 g/mol. The maximum absolute atomic E-state index is 13.1. The van der Waals surface area contributed by atoms with Gasteiger partial charge in [-0.25, -0.2) is 12.7 Å². The van der Waals surface area contributed by atoms with Crippen molar-refractivity contribution in [2.75, 3.05) is 4.31 Å². The van der Waals surface area contributed by atoms with E-state index < -0.39 is 10.0 Å². The molecule has 124 valence electrons. The van der Waals surface area contributed by atoms with Gasteiger partial charge in [-0.15, -0.1) is 0 Å². The van der Waals surface area contributed by atoms with E-state index in [0.29, 0.717) is 11.6 Å². The Morgan fingerprint density at radius 1 is 0.875 bits per heavy atom. The topological polar surface area (TPSA) is 50.5 Å². The van der Waals surface area contributed by atoms with Gasteiger partial charge >= 0.3 is 0 Å². The zero-order chi connectivity index (χ0) is 17.2. The summed E-state index contributed by atoms with van der Waals surface area (Å²) in [4.78, 5) is 0.248. The molecule has 24 heavy (non-hydrogen) atoms. The number of hydrogen-bond acceptors (Lipinski definition) is 3. The van der Waals surface area contributed by atoms with Crippen molar-refractivity contribution in [3.8, 4) is 0 Å². The number of sulfonamides is 1. The lowest BCUT2D eigenvalue weighted by Gasteiger charge is -2.22. The summed E-state index contributed by atoms with van der Waals surface area (Å²) in [6, 6.07) is 19.7. The standard InChI is InChI=1S/C19H19NO3S/c1-15-8-11-18(12-9-15)24(21,22)20(19-13-10-16(2)23-19)14-17-6-4-3-5-7-17/h3-13H,14H2,1-2H3. The summed E-state index contributed by atoms with van der Waals surface area (Å²) in [6.07, 6.45) is 0. The molecule has 1 heterocycles. The first-order chi connectivity index (χ1) is 11.5. The van der Waals surface area contributed by atoms with Gasteiger partial charge in [-0.3, -0.25) is 0 Å². The van der Waals surface area contributed by atoms with Gasteiger partial charge in [0.1, 0.15) is 5.76 Å². The molecular weight excluding hydrogens is 322 g/mol. The number of hydrogen-bond donors (Lipinski definition) is 0. The van der Waals surface area contributed by atoms with E-state index in [2.05, 4.69) is 0 Å². The van der Waals surface area contributed by atoms with E-state index in [0.717, 1.165) is 11.1 Å². The van der Waals surface area contributed by atoms with Gasteiger partial charge in [0.05, 0.1) is 11.4 Å². The molecule has 0 aliphatic heterocycles. The second kappa shape index (κ2) is 6.53. The smallest absolute Gasteiger partial charge is 0.266 e. The van der Waals surface area contributed by atoms with Crippen LogP contribution in [-0.4, -0.2) is 8.42 Å². The zero-order valence-corrected chi connectivity index (χ0v) is 14.5. The highest BCUT2D eigenvalue weighted by Crippen LogP contribution is 2.27. The van der Waals surface area contributed by atoms with E-state index in [1.54, 1.807) is 43.3 Å². The molecule has 5 heteroatoms. The molecule has 0 bridgehead atoms. The minimum atomic E-state index is -3.72. The molecule has 0 saturated carbocycles. The maximum Gasteiger partial charge on any atom is 0.266 e. The Kier molecular flexibility index (Phi) is 4.44. The van der Waals surface area contributed by atoms with Crippen LogP contribution in [0.5, 0.6) is 0 Å². The molecule has 0 atom stereocenters. The third-order valence-corrected chi connectivity index (χ3v) is 5.51. The first kappa shape index (κ1) is 16.3. The third kappa shape index (κ3) is 3.36. The van der Waals surface area contributed by atoms with Crippen LogP contribution in [0.15, 0.2) is 76.0 Å². The second-order valence-corrected chi connectivity index (χ2v) is 7.56. The molecule has 0 spiro atoms. The van der Waals surface area contributed by atoms with Crippen molar-refractivity contribution in [3.05, 3.63) is 83.6 Å². The van der Waals surface area contributed by atoms with E-state index in [9.17, 15) is 8.42 Å². The second-order valence-electron chi connectivity index (χ2n) is 5.69. The molecule has 0 amide bonds. The fourth-order valence-corrected chi connectivity index (χ4v) is 3.81. The zero-order valence-electron chi connectivity index (χ0n) is 13.6. The molecule has 0 saturated heterocycles. The Labute approximate surface area is 142 Å². The van der Waals surface area contributed by atoms with Gasteiger partial charge in [0.25, 0.3) is 10.0 Å². The van der Waals surface area contributed by atoms with Gasteiger partial charge in [0.15, 0.2) is 0 Å². The van der Waals surface area contributed by atoms with Crippen LogP contribution in [0.25, 0.3) is 0 Å². The summed E-state index contributed by atoms with van der Waals surface area (Å²) >= 11 is 0. The van der Waals surface area contributed by atoms with Crippen molar-refractivity contribution in [1.29, 1.82) is 0 Å². The van der Waals surface area contributed by atoms with Gasteiger partial charge in [-0.2, -0.15) is 0 Å². The predicted octanol–water partition coefficient (Wildman–Crippen LogP) is 4.29. The van der Waals surface area contributed by atoms with Crippen molar-refractivity contribution in [2.24, 2.45) is 0 Å². The average Bonchev–Trinajstić information content (AvgIpc) is 3.00. The Morgan fingerprint density at radius 3 is 2.12 bits per heavy atom. The molecule has 0 fully saturated rings. The van der Waals surface area contributed by atoms with E-state index in [4.69, 9.17) is 4.42 Å². The molecule has 0 radical (unpaired) electrons. The van der Waals surface area contributed by atoms with E-state index in [1.165, 1.54) is 4.31 Å². The van der Waals surface area contributed by atoms with Crippen LogP contribution < -0.4 is 4.31 Å². The predicted molar refractivity (Wildman–Crippen MR) is 94.4 cm³/mol. The Bertz CT molecular complexity index is 913. The number of anilines is 1. The first-order valence-electron chi connectivity index (χ1n) is 7.66. The van der Waals surface area contributed by atoms with Crippen molar-refractivity contribution in [1.82, 2.24) is 0 Å². The molecule has 0 aliphatic carbocycles. The van der Waals surface area contributed by atoms with Crippen LogP contribution in [0.3, 0.4) is 0 Å². The van der Waals surface area contributed by atoms with Crippen LogP contribution in [0.4, 0.5) is 5.88 Å². The van der Waals surface area contributed by atoms with Crippen LogP contribution in [-0.2, 0) is 16.6 Å². The lowest BCUT2D eigenvalue weighted by molar-refractivity contribution is 0.526. The molecule has 3 aromatic rings. The van der Waals surface area contributed by atoms with Gasteiger partial charge in [0, 0.05) is 6.07 Å². The highest BCUT2D eigenvalue weighted by molar-refractivity contribution is 7.92. The van der Waals surface area contributed by atoms with E-state index in [-0.39, 0.29) is 11.4 Å². The number of aryl methyl sites for hydroxylation is 2. The Morgan fingerprint density at radius 2 is 1.54 bits per heavy atom. The van der Waals surface area contributed by atoms with Crippen molar-refractivity contribution >= 4 is 15.9 Å². The number of nitrogens with zero attached hydrogens (tertiary/aromatic N) is 1. The number of rotatable bonds is 5. The minimum absolute atomic E-state index is 0.212. The molecule has 2 aromatic carbocycles. The highest BCUT2D eigenvalue weighted by atomic mass is 32.2. The molecule has 1 aromatic heterocycles. The Balaban J connectivity index is 2.05. The van der Waals surface area contributed by atoms with Crippen LogP contribution in [0.1, 0.15) is 16.9 Å². The van der Waals surface area contributed by atoms with Gasteiger partial charge in [0.2, 0.25) is 5.88 Å². The summed E-state index contributed by atoms with van der Waals surface area (Å²) in [5.41, 5.74) is 1.90. The lowest BCUT2D eigenvalue weighted by Crippen LogP contribution is -2.30. The van der Waals surface area contributed by atoms with Crippen LogP contribution in [0, 0.1) is 13.8 Å². The molecule has 4 nitrogen and oxygen atoms in total. The molecule has 0 unspecified atom stereocenters. The van der Waals surface area contributed by atoms with Gasteiger partial charge < -0.3 is 4.42 Å². The van der Waals surface area contributed by atoms with E-state index >= 15 is 0 Å². The highest BCUT2D eigenvalue weighted by Gasteiger charge is 2.27. The van der Waals surface area contributed by atoms with Crippen molar-refractivity contribution in [2.45, 2.75) is 25.3 Å². The summed E-state index contributed by atoms with van der Waals surface area (Å²) in [6.45, 7) is 3.93. The number of furan rings is 1. The van der Waals surface area contributed by atoms with Crippen LogP contribution >= 0.6 is 0 Å². The Hall–Kier alpha value is -2.53. The number of benzene rings is 2. The van der Waals surface area contributed by atoms with E-state index in [1.807, 2.05) is 37.3 Å². The molecule has 3 rings (SSSR count). The third-order valence-electron chi connectivity index (χ3n) is 3.75. The minimum Gasteiger partial charge on any atom is -0.445 e. The van der Waals surface area contributed by atoms with Crippen molar-refractivity contribution < 1.29 is 12.8 Å². The summed E-state index contributed by atoms with van der Waals surface area (Å²) in [5.74, 6) is 0.985. The largest absolute Gasteiger partial charge is 0.445 e. The monoisotopic (exact) mass is 341 g/mol. The summed E-state index contributed by atoms with van der Waals surface area (Å²) < 4.78 is 33.1. The summed E-state index contributed by atoms with van der Waals surface area (Å²) in [7, 11) is -3.72. The molecular formula is C19H19NO3S. The molecule has 0 N–H and O–H groups in total.